The highest BCUT2D eigenvalue weighted by Gasteiger charge is 2.07. The minimum absolute atomic E-state index is 0.0523. The summed E-state index contributed by atoms with van der Waals surface area (Å²) < 4.78 is 0. The molecule has 1 N–H and O–H groups in total. The van der Waals surface area contributed by atoms with Crippen molar-refractivity contribution in [2.75, 3.05) is 0 Å². The number of hydrogen-bond donors (Lipinski definition) is 1. The van der Waals surface area contributed by atoms with Gasteiger partial charge >= 0.3 is 0 Å². The van der Waals surface area contributed by atoms with Crippen LogP contribution in [-0.2, 0) is 6.54 Å². The van der Waals surface area contributed by atoms with Gasteiger partial charge in [-0.1, -0.05) is 72.8 Å². The molecule has 0 aromatic heterocycles. The third kappa shape index (κ3) is 3.23. The Bertz CT molecular complexity index is 751. The molecule has 0 radical (unpaired) electrons. The summed E-state index contributed by atoms with van der Waals surface area (Å²) in [4.78, 5) is 12.2. The number of hydrogen-bond acceptors (Lipinski definition) is 1. The molecule has 3 aromatic rings. The van der Waals surface area contributed by atoms with Crippen molar-refractivity contribution in [1.82, 2.24) is 5.32 Å². The third-order valence-corrected chi connectivity index (χ3v) is 3.58. The van der Waals surface area contributed by atoms with Crippen LogP contribution in [0.25, 0.3) is 11.1 Å². The predicted molar refractivity (Wildman–Crippen MR) is 89.5 cm³/mol. The van der Waals surface area contributed by atoms with Crippen molar-refractivity contribution in [2.45, 2.75) is 6.54 Å². The van der Waals surface area contributed by atoms with Gasteiger partial charge in [0.15, 0.2) is 0 Å². The Kier molecular flexibility index (Phi) is 4.30. The second-order valence-corrected chi connectivity index (χ2v) is 5.07. The highest BCUT2D eigenvalue weighted by atomic mass is 16.1. The van der Waals surface area contributed by atoms with E-state index in [4.69, 9.17) is 0 Å². The zero-order valence-electron chi connectivity index (χ0n) is 12.2. The average molecular weight is 287 g/mol. The molecule has 0 aliphatic carbocycles. The molecule has 1 amide bonds. The third-order valence-electron chi connectivity index (χ3n) is 3.58. The van der Waals surface area contributed by atoms with Crippen LogP contribution >= 0.6 is 0 Å². The first kappa shape index (κ1) is 14.1. The van der Waals surface area contributed by atoms with Crippen LogP contribution in [0.1, 0.15) is 15.9 Å². The van der Waals surface area contributed by atoms with Gasteiger partial charge in [-0.2, -0.15) is 0 Å². The molecule has 0 unspecified atom stereocenters. The first-order valence-electron chi connectivity index (χ1n) is 7.31. The molecule has 3 rings (SSSR count). The Hall–Kier alpha value is -2.87. The van der Waals surface area contributed by atoms with Crippen molar-refractivity contribution in [3.05, 3.63) is 96.1 Å². The molecular formula is C20H17NO. The van der Waals surface area contributed by atoms with Gasteiger partial charge in [0, 0.05) is 12.1 Å². The number of carbonyl (C=O) groups is 1. The lowest BCUT2D eigenvalue weighted by molar-refractivity contribution is 0.0951. The molecule has 0 aliphatic heterocycles. The molecule has 3 aromatic carbocycles. The summed E-state index contributed by atoms with van der Waals surface area (Å²) in [6, 6.07) is 27.6. The zero-order valence-corrected chi connectivity index (χ0v) is 12.2. The van der Waals surface area contributed by atoms with E-state index in [1.807, 2.05) is 66.7 Å². The van der Waals surface area contributed by atoms with Crippen LogP contribution in [0.5, 0.6) is 0 Å². The van der Waals surface area contributed by atoms with Gasteiger partial charge in [0.2, 0.25) is 0 Å². The Morgan fingerprint density at radius 3 is 2.05 bits per heavy atom. The zero-order chi connectivity index (χ0) is 15.2. The van der Waals surface area contributed by atoms with E-state index in [0.29, 0.717) is 12.1 Å². The molecule has 0 saturated carbocycles. The van der Waals surface area contributed by atoms with Crippen LogP contribution in [0.4, 0.5) is 0 Å². The van der Waals surface area contributed by atoms with Crippen molar-refractivity contribution in [3.8, 4) is 11.1 Å². The van der Waals surface area contributed by atoms with Gasteiger partial charge in [-0.15, -0.1) is 0 Å². The Morgan fingerprint density at radius 2 is 1.32 bits per heavy atom. The molecule has 0 aliphatic rings. The summed E-state index contributed by atoms with van der Waals surface area (Å²) in [5.74, 6) is -0.0523. The summed E-state index contributed by atoms with van der Waals surface area (Å²) in [5.41, 5.74) is 4.10. The lowest BCUT2D eigenvalue weighted by atomic mass is 10.00. The topological polar surface area (TPSA) is 29.1 Å². The lowest BCUT2D eigenvalue weighted by Crippen LogP contribution is -2.22. The van der Waals surface area contributed by atoms with Crippen molar-refractivity contribution in [2.24, 2.45) is 0 Å². The van der Waals surface area contributed by atoms with E-state index in [-0.39, 0.29) is 5.91 Å². The Labute approximate surface area is 130 Å². The van der Waals surface area contributed by atoms with Crippen LogP contribution in [0.3, 0.4) is 0 Å². The quantitative estimate of drug-likeness (QED) is 0.762. The van der Waals surface area contributed by atoms with Crippen molar-refractivity contribution in [3.63, 3.8) is 0 Å². The maximum absolute atomic E-state index is 12.2. The Balaban J connectivity index is 1.78. The van der Waals surface area contributed by atoms with Gasteiger partial charge in [0.1, 0.15) is 0 Å². The van der Waals surface area contributed by atoms with Crippen LogP contribution in [0.15, 0.2) is 84.9 Å². The minimum Gasteiger partial charge on any atom is -0.348 e. The van der Waals surface area contributed by atoms with Crippen LogP contribution < -0.4 is 5.32 Å². The number of carbonyl (C=O) groups excluding carboxylic acids is 1. The molecule has 0 atom stereocenters. The first-order chi connectivity index (χ1) is 10.8. The van der Waals surface area contributed by atoms with Gasteiger partial charge < -0.3 is 5.32 Å². The largest absolute Gasteiger partial charge is 0.348 e. The van der Waals surface area contributed by atoms with Crippen LogP contribution in [0.2, 0.25) is 0 Å². The molecular weight excluding hydrogens is 270 g/mol. The minimum atomic E-state index is -0.0523. The molecule has 0 fully saturated rings. The molecule has 0 spiro atoms. The molecule has 22 heavy (non-hydrogen) atoms. The lowest BCUT2D eigenvalue weighted by Gasteiger charge is -2.11. The SMILES string of the molecule is O=C(NCc1ccccc1-c1ccccc1)c1ccccc1. The van der Waals surface area contributed by atoms with Gasteiger partial charge in [-0.05, 0) is 28.8 Å². The second-order valence-electron chi connectivity index (χ2n) is 5.07. The van der Waals surface area contributed by atoms with E-state index < -0.39 is 0 Å². The maximum Gasteiger partial charge on any atom is 0.251 e. The standard InChI is InChI=1S/C20H17NO/c22-20(17-11-5-2-6-12-17)21-15-18-13-7-8-14-19(18)16-9-3-1-4-10-16/h1-14H,15H2,(H,21,22). The molecule has 2 heteroatoms. The van der Waals surface area contributed by atoms with E-state index in [1.165, 1.54) is 0 Å². The number of amides is 1. The van der Waals surface area contributed by atoms with E-state index in [1.54, 1.807) is 0 Å². The van der Waals surface area contributed by atoms with Crippen LogP contribution in [0, 0.1) is 0 Å². The highest BCUT2D eigenvalue weighted by molar-refractivity contribution is 5.94. The van der Waals surface area contributed by atoms with Gasteiger partial charge in [0.25, 0.3) is 5.91 Å². The normalized spacial score (nSPS) is 10.2. The summed E-state index contributed by atoms with van der Waals surface area (Å²) in [7, 11) is 0. The van der Waals surface area contributed by atoms with Crippen molar-refractivity contribution in [1.29, 1.82) is 0 Å². The fraction of sp³-hybridized carbons (Fsp3) is 0.0500. The van der Waals surface area contributed by atoms with Gasteiger partial charge in [-0.25, -0.2) is 0 Å². The smallest absolute Gasteiger partial charge is 0.251 e. The number of nitrogens with one attached hydrogen (secondary N) is 1. The number of rotatable bonds is 4. The molecule has 2 nitrogen and oxygen atoms in total. The van der Waals surface area contributed by atoms with E-state index in [2.05, 4.69) is 23.5 Å². The fourth-order valence-electron chi connectivity index (χ4n) is 2.44. The van der Waals surface area contributed by atoms with Gasteiger partial charge in [-0.3, -0.25) is 4.79 Å². The second kappa shape index (κ2) is 6.72. The summed E-state index contributed by atoms with van der Waals surface area (Å²) in [6.45, 7) is 0.513. The van der Waals surface area contributed by atoms with E-state index >= 15 is 0 Å². The van der Waals surface area contributed by atoms with E-state index in [0.717, 1.165) is 16.7 Å². The Morgan fingerprint density at radius 1 is 0.727 bits per heavy atom. The highest BCUT2D eigenvalue weighted by Crippen LogP contribution is 2.23. The summed E-state index contributed by atoms with van der Waals surface area (Å²) in [5, 5.41) is 2.99. The monoisotopic (exact) mass is 287 g/mol. The van der Waals surface area contributed by atoms with E-state index in [9.17, 15) is 4.79 Å². The van der Waals surface area contributed by atoms with Crippen molar-refractivity contribution >= 4 is 5.91 Å². The molecule has 108 valence electrons. The molecule has 0 saturated heterocycles. The van der Waals surface area contributed by atoms with Crippen LogP contribution in [-0.4, -0.2) is 5.91 Å². The summed E-state index contributed by atoms with van der Waals surface area (Å²) >= 11 is 0. The molecule has 0 bridgehead atoms. The predicted octanol–water partition coefficient (Wildman–Crippen LogP) is 4.28. The maximum atomic E-state index is 12.2. The summed E-state index contributed by atoms with van der Waals surface area (Å²) in [6.07, 6.45) is 0. The fourth-order valence-corrected chi connectivity index (χ4v) is 2.44. The number of benzene rings is 3. The van der Waals surface area contributed by atoms with Gasteiger partial charge in [0.05, 0.1) is 0 Å². The molecule has 0 heterocycles. The first-order valence-corrected chi connectivity index (χ1v) is 7.31. The average Bonchev–Trinajstić information content (AvgIpc) is 2.61. The van der Waals surface area contributed by atoms with Crippen molar-refractivity contribution < 1.29 is 4.79 Å².